The number of ether oxygens (including phenoxy) is 3. The summed E-state index contributed by atoms with van der Waals surface area (Å²) in [6.45, 7) is 9.27. The number of hydrogen-bond acceptors (Lipinski definition) is 7. The number of aromatic nitrogens is 3. The molecule has 2 bridgehead atoms. The van der Waals surface area contributed by atoms with E-state index >= 15 is 0 Å². The fourth-order valence-corrected chi connectivity index (χ4v) is 8.88. The predicted octanol–water partition coefficient (Wildman–Crippen LogP) is 7.50. The fourth-order valence-electron chi connectivity index (χ4n) is 8.88. The van der Waals surface area contributed by atoms with Crippen molar-refractivity contribution in [1.29, 1.82) is 0 Å². The van der Waals surface area contributed by atoms with Gasteiger partial charge in [0.15, 0.2) is 0 Å². The molecule has 5 fully saturated rings. The molecule has 0 spiro atoms. The van der Waals surface area contributed by atoms with Crippen LogP contribution in [0, 0.1) is 18.3 Å². The number of methoxy groups -OCH3 is 1. The molecule has 4 saturated carbocycles. The van der Waals surface area contributed by atoms with Gasteiger partial charge in [-0.15, -0.1) is 0 Å². The van der Waals surface area contributed by atoms with Gasteiger partial charge in [-0.25, -0.2) is 9.78 Å². The fraction of sp³-hybridized carbons (Fsp3) is 0.600. The lowest BCUT2D eigenvalue weighted by Crippen LogP contribution is -2.52. The van der Waals surface area contributed by atoms with Crippen molar-refractivity contribution in [2.75, 3.05) is 44.9 Å². The number of anilines is 1. The molecule has 2 aromatic heterocycles. The van der Waals surface area contributed by atoms with Crippen LogP contribution in [0.1, 0.15) is 95.2 Å². The molecule has 5 aliphatic rings. The first-order valence-electron chi connectivity index (χ1n) is 18.7. The Hall–Kier alpha value is -3.92. The molecular weight excluding hydrogens is 630 g/mol. The van der Waals surface area contributed by atoms with Crippen molar-refractivity contribution in [3.05, 3.63) is 60.0 Å². The smallest absolute Gasteiger partial charge is 0.410 e. The molecule has 50 heavy (non-hydrogen) atoms. The molecule has 0 radical (unpaired) electrons. The Morgan fingerprint density at radius 3 is 2.34 bits per heavy atom. The van der Waals surface area contributed by atoms with Crippen LogP contribution >= 0.6 is 0 Å². The van der Waals surface area contributed by atoms with Crippen molar-refractivity contribution in [3.8, 4) is 16.9 Å². The molecule has 1 aromatic carbocycles. The maximum atomic E-state index is 14.7. The highest BCUT2D eigenvalue weighted by molar-refractivity contribution is 5.95. The first-order chi connectivity index (χ1) is 24.2. The lowest BCUT2D eigenvalue weighted by Gasteiger charge is -2.55. The Bertz CT molecular complexity index is 1650. The monoisotopic (exact) mass is 683 g/mol. The summed E-state index contributed by atoms with van der Waals surface area (Å²) in [6, 6.07) is 11.1. The summed E-state index contributed by atoms with van der Waals surface area (Å²) in [4.78, 5) is 36.0. The van der Waals surface area contributed by atoms with Crippen molar-refractivity contribution >= 4 is 17.8 Å². The van der Waals surface area contributed by atoms with Crippen LogP contribution in [0.25, 0.3) is 11.1 Å². The average molecular weight is 684 g/mol. The zero-order chi connectivity index (χ0) is 34.9. The van der Waals surface area contributed by atoms with E-state index in [4.69, 9.17) is 19.2 Å². The summed E-state index contributed by atoms with van der Waals surface area (Å²) in [5, 5.41) is 4.57. The van der Waals surface area contributed by atoms with Crippen molar-refractivity contribution in [3.63, 3.8) is 0 Å². The van der Waals surface area contributed by atoms with Gasteiger partial charge in [0.25, 0.3) is 0 Å². The van der Waals surface area contributed by atoms with Gasteiger partial charge >= 0.3 is 6.09 Å². The van der Waals surface area contributed by atoms with E-state index in [1.54, 1.807) is 12.0 Å². The molecule has 1 saturated heterocycles. The van der Waals surface area contributed by atoms with Gasteiger partial charge in [0.05, 0.1) is 26.5 Å². The number of fused-ring (bicyclic) bond motifs is 3. The lowest BCUT2D eigenvalue weighted by molar-refractivity contribution is -0.124. The topological polar surface area (TPSA) is 99.0 Å². The highest BCUT2D eigenvalue weighted by atomic mass is 16.6. The van der Waals surface area contributed by atoms with Gasteiger partial charge in [-0.3, -0.25) is 14.4 Å². The van der Waals surface area contributed by atoms with Gasteiger partial charge in [-0.05, 0) is 131 Å². The molecule has 0 unspecified atom stereocenters. The SMILES string of the molecule is COc1ccc(C23CCC(CN(C(=O)C4CCC(OC(=O)N5CCOCC5)CC4)c4cc(-c5cnn(C(C)C)c5)ccn4)(CC2)CC3)cc1C. The van der Waals surface area contributed by atoms with Gasteiger partial charge in [-0.2, -0.15) is 5.10 Å². The second kappa shape index (κ2) is 14.4. The minimum Gasteiger partial charge on any atom is -0.496 e. The van der Waals surface area contributed by atoms with Crippen LogP contribution in [-0.4, -0.2) is 77.7 Å². The molecule has 3 aromatic rings. The number of nitrogens with zero attached hydrogens (tertiary/aromatic N) is 5. The second-order valence-corrected chi connectivity index (χ2v) is 15.6. The maximum absolute atomic E-state index is 14.7. The summed E-state index contributed by atoms with van der Waals surface area (Å²) >= 11 is 0. The number of morpholine rings is 1. The second-order valence-electron chi connectivity index (χ2n) is 15.6. The van der Waals surface area contributed by atoms with Crippen LogP contribution < -0.4 is 9.64 Å². The Morgan fingerprint density at radius 2 is 1.70 bits per heavy atom. The third-order valence-corrected chi connectivity index (χ3v) is 12.2. The molecule has 0 N–H and O–H groups in total. The van der Waals surface area contributed by atoms with Gasteiger partial charge in [0, 0.05) is 49.6 Å². The molecule has 10 heteroatoms. The van der Waals surface area contributed by atoms with E-state index in [2.05, 4.69) is 56.3 Å². The van der Waals surface area contributed by atoms with Gasteiger partial charge in [-0.1, -0.05) is 12.1 Å². The molecule has 3 heterocycles. The molecule has 4 aliphatic carbocycles. The zero-order valence-electron chi connectivity index (χ0n) is 30.2. The van der Waals surface area contributed by atoms with Crippen LogP contribution in [-0.2, 0) is 19.7 Å². The summed E-state index contributed by atoms with van der Waals surface area (Å²) in [5.41, 5.74) is 4.90. The van der Waals surface area contributed by atoms with Crippen LogP contribution in [0.5, 0.6) is 5.75 Å². The Morgan fingerprint density at radius 1 is 0.980 bits per heavy atom. The summed E-state index contributed by atoms with van der Waals surface area (Å²) in [7, 11) is 1.74. The third-order valence-electron chi connectivity index (χ3n) is 12.2. The molecule has 1 aliphatic heterocycles. The first-order valence-corrected chi connectivity index (χ1v) is 18.7. The first kappa shape index (κ1) is 34.5. The normalized spacial score (nSPS) is 26.5. The lowest BCUT2D eigenvalue weighted by atomic mass is 9.51. The van der Waals surface area contributed by atoms with Crippen molar-refractivity contribution < 1.29 is 23.8 Å². The number of benzene rings is 1. The number of aryl methyl sites for hydroxylation is 1. The molecule has 268 valence electrons. The van der Waals surface area contributed by atoms with Crippen molar-refractivity contribution in [2.45, 2.75) is 103 Å². The number of rotatable bonds is 9. The molecule has 10 nitrogen and oxygen atoms in total. The molecule has 2 amide bonds. The van der Waals surface area contributed by atoms with Gasteiger partial charge in [0.2, 0.25) is 5.91 Å². The standard InChI is InChI=1S/C40H53N5O5/c1-28(2)45-26-32(25-42-45)31-11-18-41-36(24-31)44(37(46)30-5-8-34(9-6-30)50-38(47)43-19-21-49-22-20-43)27-39-12-15-40(16-13-39,17-14-39)33-7-10-35(48-4)29(3)23-33/h7,10-11,18,23-26,28,30,34H,5-6,8-9,12-17,19-22,27H2,1-4H3. The van der Waals surface area contributed by atoms with Crippen LogP contribution in [0.15, 0.2) is 48.9 Å². The summed E-state index contributed by atoms with van der Waals surface area (Å²) in [6.07, 6.45) is 14.8. The predicted molar refractivity (Wildman–Crippen MR) is 192 cm³/mol. The van der Waals surface area contributed by atoms with E-state index in [1.807, 2.05) is 28.0 Å². The van der Waals surface area contributed by atoms with Gasteiger partial charge in [0.1, 0.15) is 17.7 Å². The van der Waals surface area contributed by atoms with E-state index < -0.39 is 0 Å². The molecule has 8 rings (SSSR count). The van der Waals surface area contributed by atoms with Crippen LogP contribution in [0.2, 0.25) is 0 Å². The zero-order valence-corrected chi connectivity index (χ0v) is 30.2. The highest BCUT2D eigenvalue weighted by Gasteiger charge is 2.51. The van der Waals surface area contributed by atoms with E-state index in [0.717, 1.165) is 55.4 Å². The number of hydrogen-bond donors (Lipinski definition) is 0. The van der Waals surface area contributed by atoms with Crippen LogP contribution in [0.3, 0.4) is 0 Å². The van der Waals surface area contributed by atoms with Crippen molar-refractivity contribution in [2.24, 2.45) is 11.3 Å². The Labute approximate surface area is 296 Å². The quantitative estimate of drug-likeness (QED) is 0.230. The highest BCUT2D eigenvalue weighted by Crippen LogP contribution is 2.58. The van der Waals surface area contributed by atoms with Crippen LogP contribution in [0.4, 0.5) is 10.6 Å². The maximum Gasteiger partial charge on any atom is 0.410 e. The third kappa shape index (κ3) is 7.00. The van der Waals surface area contributed by atoms with Gasteiger partial charge < -0.3 is 19.1 Å². The molecular formula is C40H53N5O5. The van der Waals surface area contributed by atoms with Crippen molar-refractivity contribution in [1.82, 2.24) is 19.7 Å². The Balaban J connectivity index is 1.09. The Kier molecular flexibility index (Phi) is 9.92. The minimum atomic E-state index is -0.263. The van der Waals surface area contributed by atoms with E-state index in [0.29, 0.717) is 64.3 Å². The largest absolute Gasteiger partial charge is 0.496 e. The van der Waals surface area contributed by atoms with E-state index in [1.165, 1.54) is 11.1 Å². The number of carbonyl (C=O) groups excluding carboxylic acids is 2. The number of carbonyl (C=O) groups is 2. The summed E-state index contributed by atoms with van der Waals surface area (Å²) < 4.78 is 18.8. The van der Waals surface area contributed by atoms with E-state index in [-0.39, 0.29) is 40.9 Å². The van der Waals surface area contributed by atoms with E-state index in [9.17, 15) is 9.59 Å². The minimum absolute atomic E-state index is 0.0595. The average Bonchev–Trinajstić information content (AvgIpc) is 3.66. The number of pyridine rings is 1. The number of amides is 2. The molecule has 0 atom stereocenters. The summed E-state index contributed by atoms with van der Waals surface area (Å²) in [5.74, 6) is 1.67.